The number of aromatic nitrogens is 3. The summed E-state index contributed by atoms with van der Waals surface area (Å²) in [5.41, 5.74) is 1.77. The van der Waals surface area contributed by atoms with Gasteiger partial charge in [-0.05, 0) is 31.2 Å². The zero-order chi connectivity index (χ0) is 18.0. The summed E-state index contributed by atoms with van der Waals surface area (Å²) in [7, 11) is 1.28. The van der Waals surface area contributed by atoms with E-state index in [4.69, 9.17) is 0 Å². The number of carbonyl (C=O) groups excluding carboxylic acids is 2. The Morgan fingerprint density at radius 3 is 2.88 bits per heavy atom. The summed E-state index contributed by atoms with van der Waals surface area (Å²) in [6.45, 7) is 1.64. The van der Waals surface area contributed by atoms with E-state index in [1.54, 1.807) is 24.3 Å². The van der Waals surface area contributed by atoms with E-state index in [1.165, 1.54) is 24.1 Å². The van der Waals surface area contributed by atoms with E-state index in [9.17, 15) is 14.4 Å². The number of methoxy groups -OCH3 is 1. The number of amides is 1. The highest BCUT2D eigenvalue weighted by atomic mass is 16.5. The van der Waals surface area contributed by atoms with Gasteiger partial charge in [0, 0.05) is 11.4 Å². The van der Waals surface area contributed by atoms with Crippen LogP contribution in [-0.4, -0.2) is 33.5 Å². The van der Waals surface area contributed by atoms with Gasteiger partial charge in [0.1, 0.15) is 18.5 Å². The number of rotatable bonds is 4. The zero-order valence-electron chi connectivity index (χ0n) is 13.7. The first kappa shape index (κ1) is 16.4. The Bertz CT molecular complexity index is 1020. The fourth-order valence-corrected chi connectivity index (χ4v) is 2.48. The lowest BCUT2D eigenvalue weighted by Gasteiger charge is -2.08. The quantitative estimate of drug-likeness (QED) is 0.699. The monoisotopic (exact) mass is 340 g/mol. The number of esters is 1. The number of H-pyrrole nitrogens is 1. The van der Waals surface area contributed by atoms with Crippen molar-refractivity contribution in [3.63, 3.8) is 0 Å². The molecular weight excluding hydrogens is 324 g/mol. The van der Waals surface area contributed by atoms with Crippen molar-refractivity contribution in [1.82, 2.24) is 14.5 Å². The second kappa shape index (κ2) is 6.60. The minimum Gasteiger partial charge on any atom is -0.465 e. The van der Waals surface area contributed by atoms with Crippen LogP contribution in [0.25, 0.3) is 11.0 Å². The molecule has 0 fully saturated rings. The van der Waals surface area contributed by atoms with E-state index < -0.39 is 11.9 Å². The van der Waals surface area contributed by atoms with Gasteiger partial charge in [-0.1, -0.05) is 6.07 Å². The molecule has 1 aromatic carbocycles. The number of anilines is 1. The van der Waals surface area contributed by atoms with Crippen molar-refractivity contribution in [3.05, 3.63) is 58.3 Å². The molecule has 1 amide bonds. The molecule has 2 heterocycles. The summed E-state index contributed by atoms with van der Waals surface area (Å²) in [4.78, 5) is 43.2. The molecule has 8 nitrogen and oxygen atoms in total. The molecule has 0 saturated carbocycles. The molecule has 2 aromatic heterocycles. The number of nitrogens with zero attached hydrogens (tertiary/aromatic N) is 2. The third-order valence-electron chi connectivity index (χ3n) is 3.63. The SMILES string of the molecule is COC(=O)c1cccc(NC(=O)Cn2cnc3[nH]c(C)cc3c2=O)c1. The van der Waals surface area contributed by atoms with Crippen LogP contribution in [0.1, 0.15) is 16.1 Å². The number of aryl methyl sites for hydroxylation is 1. The molecule has 0 aliphatic heterocycles. The van der Waals surface area contributed by atoms with Crippen LogP contribution in [0.3, 0.4) is 0 Å². The summed E-state index contributed by atoms with van der Waals surface area (Å²) in [5, 5.41) is 3.08. The van der Waals surface area contributed by atoms with Gasteiger partial charge in [0.15, 0.2) is 0 Å². The maximum atomic E-state index is 12.4. The third kappa shape index (κ3) is 3.42. The van der Waals surface area contributed by atoms with Crippen LogP contribution in [0, 0.1) is 6.92 Å². The van der Waals surface area contributed by atoms with Crippen LogP contribution >= 0.6 is 0 Å². The van der Waals surface area contributed by atoms with Gasteiger partial charge >= 0.3 is 5.97 Å². The predicted octanol–water partition coefficient (Wildman–Crippen LogP) is 1.46. The number of fused-ring (bicyclic) bond motifs is 1. The van der Waals surface area contributed by atoms with Crippen LogP contribution in [0.2, 0.25) is 0 Å². The molecule has 0 aliphatic carbocycles. The molecule has 128 valence electrons. The largest absolute Gasteiger partial charge is 0.465 e. The van der Waals surface area contributed by atoms with E-state index in [0.717, 1.165) is 5.69 Å². The van der Waals surface area contributed by atoms with E-state index >= 15 is 0 Å². The number of benzene rings is 1. The number of carbonyl (C=O) groups is 2. The molecular formula is C17H16N4O4. The van der Waals surface area contributed by atoms with Gasteiger partial charge in [-0.15, -0.1) is 0 Å². The number of hydrogen-bond donors (Lipinski definition) is 2. The fraction of sp³-hybridized carbons (Fsp3) is 0.176. The second-order valence-corrected chi connectivity index (χ2v) is 5.51. The first-order valence-electron chi connectivity index (χ1n) is 7.51. The summed E-state index contributed by atoms with van der Waals surface area (Å²) >= 11 is 0. The standard InChI is InChI=1S/C17H16N4O4/c1-10-6-13-15(19-10)18-9-21(16(13)23)8-14(22)20-12-5-3-4-11(7-12)17(24)25-2/h3-7,9,19H,8H2,1-2H3,(H,20,22). The van der Waals surface area contributed by atoms with E-state index in [2.05, 4.69) is 20.0 Å². The summed E-state index contributed by atoms with van der Waals surface area (Å²) in [5.74, 6) is -0.901. The number of aromatic amines is 1. The maximum Gasteiger partial charge on any atom is 0.337 e. The highest BCUT2D eigenvalue weighted by molar-refractivity contribution is 5.94. The van der Waals surface area contributed by atoms with Gasteiger partial charge in [-0.3, -0.25) is 14.2 Å². The van der Waals surface area contributed by atoms with Crippen molar-refractivity contribution in [2.45, 2.75) is 13.5 Å². The minimum absolute atomic E-state index is 0.186. The fourth-order valence-electron chi connectivity index (χ4n) is 2.48. The van der Waals surface area contributed by atoms with E-state index in [-0.39, 0.29) is 12.1 Å². The molecule has 2 N–H and O–H groups in total. The average molecular weight is 340 g/mol. The molecule has 0 atom stereocenters. The molecule has 3 rings (SSSR count). The Morgan fingerprint density at radius 1 is 1.32 bits per heavy atom. The lowest BCUT2D eigenvalue weighted by atomic mass is 10.2. The first-order valence-corrected chi connectivity index (χ1v) is 7.51. The van der Waals surface area contributed by atoms with Gasteiger partial charge in [-0.2, -0.15) is 0 Å². The summed E-state index contributed by atoms with van der Waals surface area (Å²) < 4.78 is 5.87. The first-order chi connectivity index (χ1) is 12.0. The van der Waals surface area contributed by atoms with Crippen molar-refractivity contribution < 1.29 is 14.3 Å². The maximum absolute atomic E-state index is 12.4. The number of hydrogen-bond acceptors (Lipinski definition) is 5. The van der Waals surface area contributed by atoms with Gasteiger partial charge in [0.2, 0.25) is 5.91 Å². The van der Waals surface area contributed by atoms with Crippen molar-refractivity contribution >= 4 is 28.6 Å². The number of nitrogens with one attached hydrogen (secondary N) is 2. The van der Waals surface area contributed by atoms with Crippen molar-refractivity contribution in [2.75, 3.05) is 12.4 Å². The molecule has 0 radical (unpaired) electrons. The summed E-state index contributed by atoms with van der Waals surface area (Å²) in [6.07, 6.45) is 1.32. The van der Waals surface area contributed by atoms with Crippen LogP contribution in [0.15, 0.2) is 41.5 Å². The van der Waals surface area contributed by atoms with Crippen LogP contribution in [0.4, 0.5) is 5.69 Å². The Labute approximate surface area is 142 Å². The molecule has 8 heteroatoms. The molecule has 0 unspecified atom stereocenters. The van der Waals surface area contributed by atoms with Crippen LogP contribution < -0.4 is 10.9 Å². The van der Waals surface area contributed by atoms with Crippen molar-refractivity contribution in [3.8, 4) is 0 Å². The van der Waals surface area contributed by atoms with Crippen LogP contribution in [-0.2, 0) is 16.1 Å². The van der Waals surface area contributed by atoms with Gasteiger partial charge in [0.25, 0.3) is 5.56 Å². The Kier molecular flexibility index (Phi) is 4.34. The van der Waals surface area contributed by atoms with E-state index in [1.807, 2.05) is 6.92 Å². The van der Waals surface area contributed by atoms with Gasteiger partial charge in [0.05, 0.1) is 18.1 Å². The molecule has 0 bridgehead atoms. The minimum atomic E-state index is -0.496. The van der Waals surface area contributed by atoms with Crippen molar-refractivity contribution in [2.24, 2.45) is 0 Å². The number of ether oxygens (including phenoxy) is 1. The zero-order valence-corrected chi connectivity index (χ0v) is 13.7. The molecule has 25 heavy (non-hydrogen) atoms. The van der Waals surface area contributed by atoms with Crippen LogP contribution in [0.5, 0.6) is 0 Å². The lowest BCUT2D eigenvalue weighted by molar-refractivity contribution is -0.116. The highest BCUT2D eigenvalue weighted by Gasteiger charge is 2.11. The summed E-state index contributed by atoms with van der Waals surface area (Å²) in [6, 6.07) is 8.05. The van der Waals surface area contributed by atoms with E-state index in [0.29, 0.717) is 22.3 Å². The molecule has 3 aromatic rings. The average Bonchev–Trinajstić information content (AvgIpc) is 2.98. The van der Waals surface area contributed by atoms with Gasteiger partial charge in [-0.25, -0.2) is 9.78 Å². The Hall–Kier alpha value is -3.42. The predicted molar refractivity (Wildman–Crippen MR) is 91.5 cm³/mol. The van der Waals surface area contributed by atoms with Crippen molar-refractivity contribution in [1.29, 1.82) is 0 Å². The normalized spacial score (nSPS) is 10.6. The topological polar surface area (TPSA) is 106 Å². The molecule has 0 saturated heterocycles. The molecule has 0 spiro atoms. The lowest BCUT2D eigenvalue weighted by Crippen LogP contribution is -2.27. The third-order valence-corrected chi connectivity index (χ3v) is 3.63. The Morgan fingerprint density at radius 2 is 2.12 bits per heavy atom. The smallest absolute Gasteiger partial charge is 0.337 e. The Balaban J connectivity index is 1.78. The second-order valence-electron chi connectivity index (χ2n) is 5.51. The molecule has 0 aliphatic rings. The van der Waals surface area contributed by atoms with Gasteiger partial charge < -0.3 is 15.0 Å². The highest BCUT2D eigenvalue weighted by Crippen LogP contribution is 2.12.